The van der Waals surface area contributed by atoms with Gasteiger partial charge in [-0.05, 0) is 33.6 Å². The van der Waals surface area contributed by atoms with Crippen LogP contribution < -0.4 is 5.32 Å². The van der Waals surface area contributed by atoms with Crippen LogP contribution in [-0.4, -0.2) is 10.5 Å². The monoisotopic (exact) mass is 238 g/mol. The fourth-order valence-electron chi connectivity index (χ4n) is 2.12. The van der Waals surface area contributed by atoms with E-state index in [-0.39, 0.29) is 5.54 Å². The van der Waals surface area contributed by atoms with Gasteiger partial charge in [-0.3, -0.25) is 0 Å². The first-order valence-corrected chi connectivity index (χ1v) is 7.06. The second-order valence-electron chi connectivity index (χ2n) is 5.75. The van der Waals surface area contributed by atoms with Crippen LogP contribution in [0.15, 0.2) is 6.20 Å². The van der Waals surface area contributed by atoms with Crippen molar-refractivity contribution >= 4 is 11.3 Å². The second-order valence-corrected chi connectivity index (χ2v) is 6.90. The molecule has 0 aromatic carbocycles. The lowest BCUT2D eigenvalue weighted by atomic mass is 10.1. The molecule has 1 saturated carbocycles. The number of nitrogens with one attached hydrogen (secondary N) is 1. The van der Waals surface area contributed by atoms with Gasteiger partial charge in [0.05, 0.1) is 5.01 Å². The summed E-state index contributed by atoms with van der Waals surface area (Å²) in [5.41, 5.74) is 0.192. The van der Waals surface area contributed by atoms with E-state index < -0.39 is 0 Å². The summed E-state index contributed by atoms with van der Waals surface area (Å²) >= 11 is 1.90. The predicted molar refractivity (Wildman–Crippen MR) is 69.9 cm³/mol. The third-order valence-corrected chi connectivity index (χ3v) is 4.23. The van der Waals surface area contributed by atoms with Crippen LogP contribution in [0, 0.1) is 0 Å². The molecule has 16 heavy (non-hydrogen) atoms. The first-order valence-electron chi connectivity index (χ1n) is 6.24. The van der Waals surface area contributed by atoms with Crippen LogP contribution in [0.4, 0.5) is 0 Å². The Labute approximate surface area is 102 Å². The molecule has 1 N–H and O–H groups in total. The van der Waals surface area contributed by atoms with E-state index in [1.54, 1.807) is 0 Å². The highest BCUT2D eigenvalue weighted by Gasteiger charge is 2.20. The van der Waals surface area contributed by atoms with Crippen molar-refractivity contribution in [1.82, 2.24) is 10.3 Å². The highest BCUT2D eigenvalue weighted by atomic mass is 32.1. The largest absolute Gasteiger partial charge is 0.307 e. The van der Waals surface area contributed by atoms with Crippen LogP contribution in [0.2, 0.25) is 0 Å². The van der Waals surface area contributed by atoms with E-state index >= 15 is 0 Å². The van der Waals surface area contributed by atoms with Crippen molar-refractivity contribution in [3.8, 4) is 0 Å². The standard InChI is InChI=1S/C13H22N2S/c1-13(2,3)15-9-11-8-14-12(16-11)10-6-4-5-7-10/h8,10,15H,4-7,9H2,1-3H3. The Balaban J connectivity index is 1.91. The van der Waals surface area contributed by atoms with E-state index in [2.05, 4.69) is 37.3 Å². The van der Waals surface area contributed by atoms with E-state index in [1.807, 2.05) is 11.3 Å². The number of hydrogen-bond acceptors (Lipinski definition) is 3. The minimum absolute atomic E-state index is 0.192. The van der Waals surface area contributed by atoms with Crippen molar-refractivity contribution < 1.29 is 0 Å². The maximum Gasteiger partial charge on any atom is 0.0959 e. The fourth-order valence-corrected chi connectivity index (χ4v) is 3.14. The Morgan fingerprint density at radius 1 is 1.38 bits per heavy atom. The van der Waals surface area contributed by atoms with Gasteiger partial charge in [-0.25, -0.2) is 4.98 Å². The molecule has 0 aliphatic heterocycles. The minimum Gasteiger partial charge on any atom is -0.307 e. The summed E-state index contributed by atoms with van der Waals surface area (Å²) in [6.45, 7) is 7.55. The van der Waals surface area contributed by atoms with Gasteiger partial charge in [0.15, 0.2) is 0 Å². The minimum atomic E-state index is 0.192. The van der Waals surface area contributed by atoms with E-state index in [0.717, 1.165) is 12.5 Å². The van der Waals surface area contributed by atoms with Crippen LogP contribution in [0.25, 0.3) is 0 Å². The van der Waals surface area contributed by atoms with Crippen molar-refractivity contribution in [2.45, 2.75) is 64.5 Å². The lowest BCUT2D eigenvalue weighted by Crippen LogP contribution is -2.34. The molecule has 1 aromatic rings. The summed E-state index contributed by atoms with van der Waals surface area (Å²) < 4.78 is 0. The van der Waals surface area contributed by atoms with Gasteiger partial charge in [0.1, 0.15) is 0 Å². The third-order valence-electron chi connectivity index (χ3n) is 3.07. The van der Waals surface area contributed by atoms with Crippen molar-refractivity contribution in [2.75, 3.05) is 0 Å². The van der Waals surface area contributed by atoms with Crippen LogP contribution >= 0.6 is 11.3 Å². The lowest BCUT2D eigenvalue weighted by Gasteiger charge is -2.19. The summed E-state index contributed by atoms with van der Waals surface area (Å²) in [5.74, 6) is 0.758. The van der Waals surface area contributed by atoms with Gasteiger partial charge in [-0.15, -0.1) is 11.3 Å². The number of hydrogen-bond donors (Lipinski definition) is 1. The molecule has 0 spiro atoms. The molecular formula is C13H22N2S. The fraction of sp³-hybridized carbons (Fsp3) is 0.769. The predicted octanol–water partition coefficient (Wildman–Crippen LogP) is 3.69. The molecule has 2 nitrogen and oxygen atoms in total. The Morgan fingerprint density at radius 2 is 2.06 bits per heavy atom. The molecule has 3 heteroatoms. The van der Waals surface area contributed by atoms with Crippen molar-refractivity contribution in [2.24, 2.45) is 0 Å². The zero-order chi connectivity index (χ0) is 11.6. The quantitative estimate of drug-likeness (QED) is 0.868. The van der Waals surface area contributed by atoms with Crippen LogP contribution in [0.1, 0.15) is 62.3 Å². The van der Waals surface area contributed by atoms with E-state index in [1.165, 1.54) is 35.6 Å². The first kappa shape index (κ1) is 12.1. The average molecular weight is 238 g/mol. The molecule has 0 unspecified atom stereocenters. The summed E-state index contributed by atoms with van der Waals surface area (Å²) in [5, 5.41) is 4.88. The molecule has 1 fully saturated rings. The number of nitrogens with zero attached hydrogens (tertiary/aromatic N) is 1. The highest BCUT2D eigenvalue weighted by molar-refractivity contribution is 7.11. The Kier molecular flexibility index (Phi) is 3.65. The molecule has 90 valence electrons. The summed E-state index contributed by atoms with van der Waals surface area (Å²) in [7, 11) is 0. The van der Waals surface area contributed by atoms with E-state index in [0.29, 0.717) is 0 Å². The molecular weight excluding hydrogens is 216 g/mol. The SMILES string of the molecule is CC(C)(C)NCc1cnc(C2CCCC2)s1. The molecule has 0 bridgehead atoms. The summed E-state index contributed by atoms with van der Waals surface area (Å²) in [4.78, 5) is 5.95. The topological polar surface area (TPSA) is 24.9 Å². The summed E-state index contributed by atoms with van der Waals surface area (Å²) in [6, 6.07) is 0. The molecule has 0 atom stereocenters. The maximum absolute atomic E-state index is 4.58. The highest BCUT2D eigenvalue weighted by Crippen LogP contribution is 2.36. The molecule has 1 aromatic heterocycles. The zero-order valence-corrected chi connectivity index (χ0v) is 11.4. The molecule has 0 amide bonds. The van der Waals surface area contributed by atoms with Crippen molar-refractivity contribution in [3.63, 3.8) is 0 Å². The first-order chi connectivity index (χ1) is 7.54. The van der Waals surface area contributed by atoms with Gasteiger partial charge in [-0.2, -0.15) is 0 Å². The third kappa shape index (κ3) is 3.29. The van der Waals surface area contributed by atoms with E-state index in [4.69, 9.17) is 0 Å². The van der Waals surface area contributed by atoms with Gasteiger partial charge < -0.3 is 5.32 Å². The smallest absolute Gasteiger partial charge is 0.0959 e. The van der Waals surface area contributed by atoms with Gasteiger partial charge in [0, 0.05) is 29.1 Å². The molecule has 2 rings (SSSR count). The molecule has 1 aliphatic carbocycles. The zero-order valence-electron chi connectivity index (χ0n) is 10.5. The number of aromatic nitrogens is 1. The molecule has 1 aliphatic rings. The Morgan fingerprint density at radius 3 is 2.69 bits per heavy atom. The van der Waals surface area contributed by atoms with Crippen molar-refractivity contribution in [1.29, 1.82) is 0 Å². The summed E-state index contributed by atoms with van der Waals surface area (Å²) in [6.07, 6.45) is 7.52. The molecule has 0 saturated heterocycles. The normalized spacial score (nSPS) is 18.2. The number of thiazole rings is 1. The van der Waals surface area contributed by atoms with Gasteiger partial charge in [0.25, 0.3) is 0 Å². The van der Waals surface area contributed by atoms with Crippen LogP contribution in [-0.2, 0) is 6.54 Å². The molecule has 0 radical (unpaired) electrons. The van der Waals surface area contributed by atoms with Crippen molar-refractivity contribution in [3.05, 3.63) is 16.1 Å². The average Bonchev–Trinajstić information content (AvgIpc) is 2.84. The van der Waals surface area contributed by atoms with Crippen LogP contribution in [0.3, 0.4) is 0 Å². The van der Waals surface area contributed by atoms with E-state index in [9.17, 15) is 0 Å². The molecule has 1 heterocycles. The number of rotatable bonds is 3. The van der Waals surface area contributed by atoms with Gasteiger partial charge >= 0.3 is 0 Å². The van der Waals surface area contributed by atoms with Crippen LogP contribution in [0.5, 0.6) is 0 Å². The van der Waals surface area contributed by atoms with Gasteiger partial charge in [-0.1, -0.05) is 12.8 Å². The van der Waals surface area contributed by atoms with Gasteiger partial charge in [0.2, 0.25) is 0 Å². The maximum atomic E-state index is 4.58. The Hall–Kier alpha value is -0.410. The second kappa shape index (κ2) is 4.84. The lowest BCUT2D eigenvalue weighted by molar-refractivity contribution is 0.426. The Bertz CT molecular complexity index is 332.